The number of fused-ring (bicyclic) bond motifs is 1. The van der Waals surface area contributed by atoms with Crippen molar-refractivity contribution in [2.24, 2.45) is 0 Å². The molecule has 0 saturated carbocycles. The highest BCUT2D eigenvalue weighted by Crippen LogP contribution is 2.32. The maximum absolute atomic E-state index is 13.4. The van der Waals surface area contributed by atoms with Crippen molar-refractivity contribution in [3.05, 3.63) is 76.9 Å². The molecule has 0 aliphatic carbocycles. The van der Waals surface area contributed by atoms with E-state index in [1.807, 2.05) is 0 Å². The highest BCUT2D eigenvalue weighted by molar-refractivity contribution is 5.95. The number of imidazole rings is 1. The number of aromatic nitrogens is 3. The predicted molar refractivity (Wildman–Crippen MR) is 117 cm³/mol. The molecule has 0 fully saturated rings. The number of nitrogens with one attached hydrogen (secondary N) is 1. The number of amides is 1. The number of anilines is 2. The van der Waals surface area contributed by atoms with Crippen molar-refractivity contribution >= 4 is 22.9 Å². The van der Waals surface area contributed by atoms with Crippen molar-refractivity contribution in [3.63, 3.8) is 0 Å². The minimum absolute atomic E-state index is 0.107. The Morgan fingerprint density at radius 2 is 1.94 bits per heavy atom. The number of hydrogen-bond donors (Lipinski definition) is 3. The number of carbonyl (C=O) groups excluding carboxylic acids is 1. The molecule has 1 atom stereocenters. The van der Waals surface area contributed by atoms with Gasteiger partial charge in [0.2, 0.25) is 0 Å². The number of nitrogens with two attached hydrogens (primary N) is 1. The highest BCUT2D eigenvalue weighted by atomic mass is 19.1. The molecule has 2 aromatic carbocycles. The van der Waals surface area contributed by atoms with E-state index in [9.17, 15) is 18.7 Å². The van der Waals surface area contributed by atoms with Crippen molar-refractivity contribution < 1.29 is 22.8 Å². The van der Waals surface area contributed by atoms with Crippen LogP contribution in [0.1, 0.15) is 32.9 Å². The summed E-state index contributed by atoms with van der Waals surface area (Å²) < 4.78 is 51.9. The van der Waals surface area contributed by atoms with Gasteiger partial charge in [-0.05, 0) is 56.1 Å². The van der Waals surface area contributed by atoms with Gasteiger partial charge < -0.3 is 16.2 Å². The maximum atomic E-state index is 13.4. The molecule has 0 radical (unpaired) electrons. The van der Waals surface area contributed by atoms with Gasteiger partial charge in [0.15, 0.2) is 6.10 Å². The van der Waals surface area contributed by atoms with E-state index >= 15 is 0 Å². The Bertz CT molecular complexity index is 1450. The standard InChI is InChI=1S/C23H21F2N5O2/c1-11-6-17(29-23(32)21(31)14-7-15(24)9-16(25)8-14)4-5-18(11)19-20-22(26)27-10-12(2)30(20)13(3)28-19/h4-10,21,31H,1-3H3,(H2,26,27)(H,29,32)/t21-/m0/s1/i3D3. The summed E-state index contributed by atoms with van der Waals surface area (Å²) in [7, 11) is 0. The number of rotatable bonds is 4. The normalized spacial score (nSPS) is 14.0. The number of benzene rings is 2. The minimum atomic E-state index is -2.51. The fourth-order valence-electron chi connectivity index (χ4n) is 3.57. The Morgan fingerprint density at radius 3 is 2.59 bits per heavy atom. The summed E-state index contributed by atoms with van der Waals surface area (Å²) in [5, 5.41) is 12.7. The number of aliphatic hydroxyl groups is 1. The van der Waals surface area contributed by atoms with Crippen molar-refractivity contribution in [1.82, 2.24) is 14.4 Å². The first kappa shape index (κ1) is 17.8. The molecule has 0 aliphatic heterocycles. The summed E-state index contributed by atoms with van der Waals surface area (Å²) in [6, 6.07) is 7.11. The number of nitrogens with zero attached hydrogens (tertiary/aromatic N) is 3. The third kappa shape index (κ3) is 3.78. The third-order valence-corrected chi connectivity index (χ3v) is 5.06. The Morgan fingerprint density at radius 1 is 1.22 bits per heavy atom. The second-order valence-corrected chi connectivity index (χ2v) is 7.38. The number of aryl methyl sites for hydroxylation is 3. The number of carbonyl (C=O) groups is 1. The Hall–Kier alpha value is -3.85. The lowest BCUT2D eigenvalue weighted by atomic mass is 10.0. The van der Waals surface area contributed by atoms with Gasteiger partial charge in [0.05, 0.1) is 0 Å². The van der Waals surface area contributed by atoms with Crippen molar-refractivity contribution in [3.8, 4) is 11.3 Å². The molecule has 32 heavy (non-hydrogen) atoms. The van der Waals surface area contributed by atoms with Crippen LogP contribution < -0.4 is 11.1 Å². The van der Waals surface area contributed by atoms with Crippen molar-refractivity contribution in [1.29, 1.82) is 0 Å². The molecular weight excluding hydrogens is 416 g/mol. The van der Waals surface area contributed by atoms with Gasteiger partial charge in [-0.3, -0.25) is 9.20 Å². The van der Waals surface area contributed by atoms with Gasteiger partial charge in [0, 0.05) is 33.3 Å². The van der Waals surface area contributed by atoms with E-state index in [1.54, 1.807) is 26.0 Å². The number of halogens is 2. The molecule has 2 aromatic heterocycles. The molecule has 2 heterocycles. The van der Waals surface area contributed by atoms with Gasteiger partial charge in [-0.1, -0.05) is 6.07 Å². The van der Waals surface area contributed by atoms with Crippen LogP contribution >= 0.6 is 0 Å². The van der Waals surface area contributed by atoms with Gasteiger partial charge >= 0.3 is 0 Å². The van der Waals surface area contributed by atoms with Crippen LogP contribution in [-0.4, -0.2) is 25.4 Å². The molecule has 0 unspecified atom stereocenters. The summed E-state index contributed by atoms with van der Waals surface area (Å²) in [6.07, 6.45) is -0.336. The van der Waals surface area contributed by atoms with Crippen molar-refractivity contribution in [2.75, 3.05) is 11.1 Å². The lowest BCUT2D eigenvalue weighted by molar-refractivity contribution is -0.124. The zero-order valence-corrected chi connectivity index (χ0v) is 17.1. The third-order valence-electron chi connectivity index (χ3n) is 5.06. The second-order valence-electron chi connectivity index (χ2n) is 7.38. The average molecular weight is 440 g/mol. The van der Waals surface area contributed by atoms with Crippen LogP contribution in [0.25, 0.3) is 16.8 Å². The van der Waals surface area contributed by atoms with Crippen LogP contribution in [0.2, 0.25) is 0 Å². The van der Waals surface area contributed by atoms with Crippen LogP contribution in [-0.2, 0) is 4.79 Å². The fraction of sp³-hybridized carbons (Fsp3) is 0.174. The molecule has 164 valence electrons. The first-order valence-electron chi connectivity index (χ1n) is 11.1. The number of nitrogen functional groups attached to an aromatic ring is 1. The van der Waals surface area contributed by atoms with Crippen LogP contribution in [0.4, 0.5) is 20.3 Å². The van der Waals surface area contributed by atoms with E-state index < -0.39 is 30.5 Å². The minimum Gasteiger partial charge on any atom is -0.382 e. The highest BCUT2D eigenvalue weighted by Gasteiger charge is 2.21. The van der Waals surface area contributed by atoms with Crippen LogP contribution in [0.15, 0.2) is 42.6 Å². The number of aliphatic hydroxyl groups excluding tert-OH is 1. The zero-order chi connectivity index (χ0) is 25.7. The van der Waals surface area contributed by atoms with Crippen molar-refractivity contribution in [2.45, 2.75) is 26.8 Å². The SMILES string of the molecule is [2H]C([2H])([2H])c1nc(-c2ccc(NC(=O)[C@@H](O)c3cc(F)cc(F)c3)cc2C)c2c(N)ncc(C)n12. The molecule has 1 amide bonds. The zero-order valence-electron chi connectivity index (χ0n) is 20.1. The molecule has 4 N–H and O–H groups in total. The Kier molecular flexibility index (Phi) is 4.45. The molecule has 4 aromatic rings. The van der Waals surface area contributed by atoms with E-state index in [2.05, 4.69) is 15.3 Å². The van der Waals surface area contributed by atoms with Crippen LogP contribution in [0.5, 0.6) is 0 Å². The summed E-state index contributed by atoms with van der Waals surface area (Å²) in [5.41, 5.74) is 8.54. The first-order valence-corrected chi connectivity index (χ1v) is 9.56. The van der Waals surface area contributed by atoms with Gasteiger partial charge in [-0.2, -0.15) is 0 Å². The Balaban J connectivity index is 1.70. The molecule has 4 rings (SSSR count). The van der Waals surface area contributed by atoms with Crippen LogP contribution in [0, 0.1) is 32.3 Å². The average Bonchev–Trinajstić information content (AvgIpc) is 3.17. The van der Waals surface area contributed by atoms with Gasteiger partial charge in [-0.25, -0.2) is 18.7 Å². The molecule has 0 aliphatic rings. The molecular formula is C23H21F2N5O2. The predicted octanol–water partition coefficient (Wildman–Crippen LogP) is 3.85. The fourth-order valence-corrected chi connectivity index (χ4v) is 3.57. The summed E-state index contributed by atoms with van der Waals surface area (Å²) >= 11 is 0. The van der Waals surface area contributed by atoms with Crippen LogP contribution in [0.3, 0.4) is 0 Å². The molecule has 7 nitrogen and oxygen atoms in total. The number of hydrogen-bond acceptors (Lipinski definition) is 5. The first-order chi connectivity index (χ1) is 16.4. The van der Waals surface area contributed by atoms with E-state index in [0.29, 0.717) is 39.8 Å². The van der Waals surface area contributed by atoms with E-state index in [1.165, 1.54) is 16.7 Å². The van der Waals surface area contributed by atoms with E-state index in [4.69, 9.17) is 9.85 Å². The monoisotopic (exact) mass is 440 g/mol. The Labute approximate surface area is 186 Å². The summed E-state index contributed by atoms with van der Waals surface area (Å²) in [5.74, 6) is -2.77. The largest absolute Gasteiger partial charge is 0.382 e. The van der Waals surface area contributed by atoms with E-state index in [0.717, 1.165) is 12.1 Å². The lowest BCUT2D eigenvalue weighted by Gasteiger charge is -2.13. The lowest BCUT2D eigenvalue weighted by Crippen LogP contribution is -2.21. The molecule has 0 spiro atoms. The summed E-state index contributed by atoms with van der Waals surface area (Å²) in [4.78, 5) is 21.0. The maximum Gasteiger partial charge on any atom is 0.257 e. The summed E-state index contributed by atoms with van der Waals surface area (Å²) in [6.45, 7) is 0.915. The topological polar surface area (TPSA) is 106 Å². The van der Waals surface area contributed by atoms with E-state index in [-0.39, 0.29) is 17.2 Å². The van der Waals surface area contributed by atoms with Gasteiger partial charge in [-0.15, -0.1) is 0 Å². The smallest absolute Gasteiger partial charge is 0.257 e. The molecule has 9 heteroatoms. The quantitative estimate of drug-likeness (QED) is 0.447. The molecule has 0 saturated heterocycles. The van der Waals surface area contributed by atoms with Gasteiger partial charge in [0.1, 0.15) is 34.5 Å². The second kappa shape index (κ2) is 8.01. The van der Waals surface area contributed by atoms with Gasteiger partial charge in [0.25, 0.3) is 5.91 Å². The molecule has 0 bridgehead atoms.